The van der Waals surface area contributed by atoms with E-state index in [0.717, 1.165) is 24.7 Å². The predicted molar refractivity (Wildman–Crippen MR) is 63.9 cm³/mol. The molecule has 1 unspecified atom stereocenters. The van der Waals surface area contributed by atoms with Crippen LogP contribution in [0.4, 0.5) is 0 Å². The first-order chi connectivity index (χ1) is 7.63. The van der Waals surface area contributed by atoms with Crippen LogP contribution in [0.1, 0.15) is 51.9 Å². The molecule has 3 saturated carbocycles. The summed E-state index contributed by atoms with van der Waals surface area (Å²) in [7, 11) is 0. The highest BCUT2D eigenvalue weighted by atomic mass is 16.1. The van der Waals surface area contributed by atoms with Crippen LogP contribution in [0.15, 0.2) is 0 Å². The molecule has 1 spiro atoms. The van der Waals surface area contributed by atoms with Crippen molar-refractivity contribution in [2.75, 3.05) is 0 Å². The summed E-state index contributed by atoms with van der Waals surface area (Å²) in [6.07, 6.45) is 8.80. The van der Waals surface area contributed by atoms with Gasteiger partial charge in [-0.05, 0) is 62.7 Å². The summed E-state index contributed by atoms with van der Waals surface area (Å²) < 4.78 is 0. The van der Waals surface area contributed by atoms with Gasteiger partial charge in [0.05, 0.1) is 0 Å². The Morgan fingerprint density at radius 1 is 1.31 bits per heavy atom. The summed E-state index contributed by atoms with van der Waals surface area (Å²) in [6, 6.07) is 0.397. The molecule has 2 bridgehead atoms. The molecule has 5 atom stereocenters. The number of carbonyl (C=O) groups is 1. The van der Waals surface area contributed by atoms with E-state index in [4.69, 9.17) is 5.73 Å². The monoisotopic (exact) mass is 221 g/mol. The van der Waals surface area contributed by atoms with Crippen LogP contribution in [-0.2, 0) is 4.79 Å². The summed E-state index contributed by atoms with van der Waals surface area (Å²) in [5, 5.41) is 0. The minimum Gasteiger partial charge on any atom is -0.327 e. The van der Waals surface area contributed by atoms with Crippen LogP contribution in [0.25, 0.3) is 0 Å². The lowest BCUT2D eigenvalue weighted by molar-refractivity contribution is -0.124. The Balaban J connectivity index is 1.85. The molecule has 3 fully saturated rings. The minimum atomic E-state index is 0.319. The largest absolute Gasteiger partial charge is 0.327 e. The molecule has 3 aliphatic carbocycles. The molecule has 0 aromatic heterocycles. The molecule has 2 nitrogen and oxygen atoms in total. The second-order valence-corrected chi connectivity index (χ2v) is 6.43. The summed E-state index contributed by atoms with van der Waals surface area (Å²) in [5.41, 5.74) is 6.84. The van der Waals surface area contributed by atoms with Crippen LogP contribution in [0.2, 0.25) is 0 Å². The van der Waals surface area contributed by atoms with Crippen molar-refractivity contribution < 1.29 is 4.79 Å². The Morgan fingerprint density at radius 2 is 2.12 bits per heavy atom. The van der Waals surface area contributed by atoms with E-state index in [2.05, 4.69) is 0 Å². The zero-order valence-corrected chi connectivity index (χ0v) is 10.2. The lowest BCUT2D eigenvalue weighted by Gasteiger charge is -2.47. The fourth-order valence-corrected chi connectivity index (χ4v) is 4.97. The third-order valence-corrected chi connectivity index (χ3v) is 5.85. The predicted octanol–water partition coefficient (Wildman–Crippen LogP) is 2.51. The molecular weight excluding hydrogens is 198 g/mol. The van der Waals surface area contributed by atoms with Gasteiger partial charge in [-0.2, -0.15) is 0 Å². The maximum Gasteiger partial charge on any atom is 0.132 e. The number of carbonyl (C=O) groups excluding carboxylic acids is 1. The summed E-state index contributed by atoms with van der Waals surface area (Å²) in [4.78, 5) is 11.6. The van der Waals surface area contributed by atoms with Crippen LogP contribution >= 0.6 is 0 Å². The lowest BCUT2D eigenvalue weighted by Crippen LogP contribution is -2.49. The fraction of sp³-hybridized carbons (Fsp3) is 0.929. The van der Waals surface area contributed by atoms with Gasteiger partial charge in [0.1, 0.15) is 5.78 Å². The summed E-state index contributed by atoms with van der Waals surface area (Å²) >= 11 is 0. The van der Waals surface area contributed by atoms with Crippen LogP contribution < -0.4 is 5.73 Å². The van der Waals surface area contributed by atoms with Crippen LogP contribution in [-0.4, -0.2) is 11.8 Å². The Kier molecular flexibility index (Phi) is 2.39. The van der Waals surface area contributed by atoms with E-state index < -0.39 is 0 Å². The zero-order valence-electron chi connectivity index (χ0n) is 10.2. The highest BCUT2D eigenvalue weighted by Crippen LogP contribution is 2.61. The average Bonchev–Trinajstić information content (AvgIpc) is 2.84. The maximum atomic E-state index is 11.6. The Morgan fingerprint density at radius 3 is 2.75 bits per heavy atom. The van der Waals surface area contributed by atoms with Gasteiger partial charge in [0, 0.05) is 12.0 Å². The third kappa shape index (κ3) is 1.32. The first-order valence-corrected chi connectivity index (χ1v) is 6.89. The van der Waals surface area contributed by atoms with Crippen molar-refractivity contribution in [3.8, 4) is 0 Å². The van der Waals surface area contributed by atoms with Gasteiger partial charge < -0.3 is 5.73 Å². The van der Waals surface area contributed by atoms with Crippen molar-refractivity contribution in [1.82, 2.24) is 0 Å². The second-order valence-electron chi connectivity index (χ2n) is 6.43. The molecule has 3 rings (SSSR count). The van der Waals surface area contributed by atoms with Gasteiger partial charge in [-0.25, -0.2) is 0 Å². The molecule has 0 amide bonds. The van der Waals surface area contributed by atoms with Gasteiger partial charge in [0.2, 0.25) is 0 Å². The quantitative estimate of drug-likeness (QED) is 0.739. The molecule has 0 aromatic carbocycles. The molecule has 90 valence electrons. The average molecular weight is 221 g/mol. The van der Waals surface area contributed by atoms with Crippen molar-refractivity contribution in [1.29, 1.82) is 0 Å². The van der Waals surface area contributed by atoms with E-state index in [-0.39, 0.29) is 0 Å². The maximum absolute atomic E-state index is 11.6. The van der Waals surface area contributed by atoms with Crippen molar-refractivity contribution in [3.05, 3.63) is 0 Å². The van der Waals surface area contributed by atoms with Gasteiger partial charge in [0.25, 0.3) is 0 Å². The van der Waals surface area contributed by atoms with Crippen LogP contribution in [0.5, 0.6) is 0 Å². The molecule has 0 heterocycles. The van der Waals surface area contributed by atoms with Crippen molar-refractivity contribution in [3.63, 3.8) is 0 Å². The van der Waals surface area contributed by atoms with Gasteiger partial charge in [-0.1, -0.05) is 6.42 Å². The Hall–Kier alpha value is -0.370. The number of ketones is 1. The molecule has 3 aliphatic rings. The molecule has 16 heavy (non-hydrogen) atoms. The Labute approximate surface area is 98.0 Å². The lowest BCUT2D eigenvalue weighted by atomic mass is 9.59. The normalized spacial score (nSPS) is 51.1. The van der Waals surface area contributed by atoms with Crippen molar-refractivity contribution in [2.45, 2.75) is 57.9 Å². The number of hydrogen-bond donors (Lipinski definition) is 1. The van der Waals surface area contributed by atoms with Crippen molar-refractivity contribution in [2.24, 2.45) is 28.9 Å². The number of Topliss-reactive ketones (excluding diaryl/α,β-unsaturated/α-hetero) is 1. The van der Waals surface area contributed by atoms with E-state index in [1.807, 2.05) is 0 Å². The fourth-order valence-electron chi connectivity index (χ4n) is 4.97. The Bertz CT molecular complexity index is 310. The molecule has 2 heteroatoms. The van der Waals surface area contributed by atoms with E-state index in [1.165, 1.54) is 32.1 Å². The SMILES string of the molecule is CC(=O)[C@H]1CCC[C@@]2(C1)C1CC[C@H](C1)[C@H]2N. The zero-order chi connectivity index (χ0) is 11.3. The standard InChI is InChI=1S/C14H23NO/c1-9(16)11-3-2-6-14(8-11)12-5-4-10(7-12)13(14)15/h10-13H,2-8,15H2,1H3/t10-,11+,12?,13-,14-/m1/s1. The van der Waals surface area contributed by atoms with Gasteiger partial charge in [-0.3, -0.25) is 4.79 Å². The molecule has 0 aromatic rings. The van der Waals surface area contributed by atoms with Gasteiger partial charge in [0.15, 0.2) is 0 Å². The topological polar surface area (TPSA) is 43.1 Å². The first kappa shape index (κ1) is 10.8. The number of nitrogens with two attached hydrogens (primary N) is 1. The van der Waals surface area contributed by atoms with E-state index in [9.17, 15) is 4.79 Å². The van der Waals surface area contributed by atoms with Crippen molar-refractivity contribution >= 4 is 5.78 Å². The second kappa shape index (κ2) is 3.56. The van der Waals surface area contributed by atoms with Crippen LogP contribution in [0, 0.1) is 23.2 Å². The highest BCUT2D eigenvalue weighted by Gasteiger charge is 2.57. The summed E-state index contributed by atoms with van der Waals surface area (Å²) in [6.45, 7) is 1.77. The summed E-state index contributed by atoms with van der Waals surface area (Å²) in [5.74, 6) is 2.33. The highest BCUT2D eigenvalue weighted by molar-refractivity contribution is 5.78. The van der Waals surface area contributed by atoms with Gasteiger partial charge in [-0.15, -0.1) is 0 Å². The smallest absolute Gasteiger partial charge is 0.132 e. The number of rotatable bonds is 1. The van der Waals surface area contributed by atoms with Gasteiger partial charge >= 0.3 is 0 Å². The number of hydrogen-bond acceptors (Lipinski definition) is 2. The van der Waals surface area contributed by atoms with E-state index in [1.54, 1.807) is 6.92 Å². The van der Waals surface area contributed by atoms with E-state index in [0.29, 0.717) is 23.2 Å². The van der Waals surface area contributed by atoms with E-state index >= 15 is 0 Å². The first-order valence-electron chi connectivity index (χ1n) is 6.89. The molecule has 2 N–H and O–H groups in total. The molecule has 0 aliphatic heterocycles. The number of fused-ring (bicyclic) bond motifs is 3. The minimum absolute atomic E-state index is 0.319. The molecule has 0 saturated heterocycles. The molecular formula is C14H23NO. The molecule has 0 radical (unpaired) electrons. The third-order valence-electron chi connectivity index (χ3n) is 5.85. The van der Waals surface area contributed by atoms with Crippen LogP contribution in [0.3, 0.4) is 0 Å².